The van der Waals surface area contributed by atoms with Gasteiger partial charge < -0.3 is 5.32 Å². The monoisotopic (exact) mass is 223 g/mol. The molecule has 0 aromatic carbocycles. The standard InChI is InChI=1S/C12H21N3O/c1-10(7-14-12(2,3)4)8-15-9-13-6-5-11(15)16/h5-6,9-10,14H,7-8H2,1-4H3. The smallest absolute Gasteiger partial charge is 0.253 e. The Bertz CT molecular complexity index is 378. The molecule has 1 heterocycles. The van der Waals surface area contributed by atoms with E-state index in [2.05, 4.69) is 38.0 Å². The quantitative estimate of drug-likeness (QED) is 0.836. The van der Waals surface area contributed by atoms with Crippen LogP contribution in [0.25, 0.3) is 0 Å². The third-order valence-corrected chi connectivity index (χ3v) is 2.28. The third-order valence-electron chi connectivity index (χ3n) is 2.28. The molecule has 0 aliphatic carbocycles. The molecule has 1 unspecified atom stereocenters. The fourth-order valence-corrected chi connectivity index (χ4v) is 1.40. The Morgan fingerprint density at radius 3 is 2.75 bits per heavy atom. The number of rotatable bonds is 4. The highest BCUT2D eigenvalue weighted by Crippen LogP contribution is 2.02. The van der Waals surface area contributed by atoms with Crippen molar-refractivity contribution in [1.29, 1.82) is 0 Å². The second-order valence-electron chi connectivity index (χ2n) is 5.31. The summed E-state index contributed by atoms with van der Waals surface area (Å²) in [5, 5.41) is 3.43. The van der Waals surface area contributed by atoms with Crippen molar-refractivity contribution in [2.75, 3.05) is 6.54 Å². The average molecular weight is 223 g/mol. The summed E-state index contributed by atoms with van der Waals surface area (Å²) >= 11 is 0. The number of nitrogens with one attached hydrogen (secondary N) is 1. The van der Waals surface area contributed by atoms with Crippen LogP contribution in [0.5, 0.6) is 0 Å². The Morgan fingerprint density at radius 1 is 1.50 bits per heavy atom. The fraction of sp³-hybridized carbons (Fsp3) is 0.667. The van der Waals surface area contributed by atoms with Gasteiger partial charge in [0.2, 0.25) is 0 Å². The Hall–Kier alpha value is -1.16. The summed E-state index contributed by atoms with van der Waals surface area (Å²) in [7, 11) is 0. The SMILES string of the molecule is CC(CNC(C)(C)C)Cn1cnccc1=O. The second-order valence-corrected chi connectivity index (χ2v) is 5.31. The van der Waals surface area contributed by atoms with E-state index in [9.17, 15) is 4.79 Å². The van der Waals surface area contributed by atoms with Crippen molar-refractivity contribution in [2.45, 2.75) is 39.8 Å². The maximum Gasteiger partial charge on any atom is 0.253 e. The molecule has 0 fully saturated rings. The minimum atomic E-state index is 0.0117. The van der Waals surface area contributed by atoms with Crippen LogP contribution in [0.3, 0.4) is 0 Å². The largest absolute Gasteiger partial charge is 0.312 e. The van der Waals surface area contributed by atoms with Gasteiger partial charge >= 0.3 is 0 Å². The molecule has 4 heteroatoms. The molecular formula is C12H21N3O. The Balaban J connectivity index is 2.49. The molecule has 90 valence electrons. The van der Waals surface area contributed by atoms with Gasteiger partial charge in [0.05, 0.1) is 6.33 Å². The molecule has 0 aliphatic heterocycles. The van der Waals surface area contributed by atoms with E-state index in [0.717, 1.165) is 6.54 Å². The zero-order valence-corrected chi connectivity index (χ0v) is 10.5. The van der Waals surface area contributed by atoms with Crippen LogP contribution in [0, 0.1) is 5.92 Å². The molecule has 0 bridgehead atoms. The zero-order chi connectivity index (χ0) is 12.2. The van der Waals surface area contributed by atoms with Crippen LogP contribution in [0.4, 0.5) is 0 Å². The van der Waals surface area contributed by atoms with Gasteiger partial charge in [-0.3, -0.25) is 9.36 Å². The molecule has 1 N–H and O–H groups in total. The predicted octanol–water partition coefficient (Wildman–Crippen LogP) is 1.27. The number of hydrogen-bond donors (Lipinski definition) is 1. The second kappa shape index (κ2) is 5.25. The first-order valence-corrected chi connectivity index (χ1v) is 5.64. The van der Waals surface area contributed by atoms with Gasteiger partial charge in [-0.25, -0.2) is 4.98 Å². The summed E-state index contributed by atoms with van der Waals surface area (Å²) in [4.78, 5) is 15.4. The molecule has 0 spiro atoms. The highest BCUT2D eigenvalue weighted by Gasteiger charge is 2.11. The van der Waals surface area contributed by atoms with E-state index in [4.69, 9.17) is 0 Å². The Labute approximate surface area is 96.7 Å². The van der Waals surface area contributed by atoms with Crippen LogP contribution in [-0.2, 0) is 6.54 Å². The van der Waals surface area contributed by atoms with E-state index in [1.165, 1.54) is 12.3 Å². The molecule has 0 radical (unpaired) electrons. The van der Waals surface area contributed by atoms with Crippen LogP contribution in [0.1, 0.15) is 27.7 Å². The molecule has 1 rings (SSSR count). The first-order chi connectivity index (χ1) is 7.38. The zero-order valence-electron chi connectivity index (χ0n) is 10.5. The molecule has 4 nitrogen and oxygen atoms in total. The molecular weight excluding hydrogens is 202 g/mol. The summed E-state index contributed by atoms with van der Waals surface area (Å²) in [5.74, 6) is 0.404. The van der Waals surface area contributed by atoms with Gasteiger partial charge in [-0.1, -0.05) is 6.92 Å². The lowest BCUT2D eigenvalue weighted by atomic mass is 10.1. The maximum atomic E-state index is 11.5. The number of hydrogen-bond acceptors (Lipinski definition) is 3. The van der Waals surface area contributed by atoms with Crippen molar-refractivity contribution in [3.63, 3.8) is 0 Å². The van der Waals surface area contributed by atoms with Gasteiger partial charge in [-0.05, 0) is 33.2 Å². The normalized spacial score (nSPS) is 13.8. The molecule has 0 amide bonds. The fourth-order valence-electron chi connectivity index (χ4n) is 1.40. The number of aromatic nitrogens is 2. The third kappa shape index (κ3) is 4.57. The first-order valence-electron chi connectivity index (χ1n) is 5.64. The van der Waals surface area contributed by atoms with E-state index in [0.29, 0.717) is 12.5 Å². The molecule has 16 heavy (non-hydrogen) atoms. The van der Waals surface area contributed by atoms with Crippen molar-refractivity contribution in [3.05, 3.63) is 28.9 Å². The van der Waals surface area contributed by atoms with Gasteiger partial charge in [0.1, 0.15) is 0 Å². The van der Waals surface area contributed by atoms with Crippen LogP contribution >= 0.6 is 0 Å². The van der Waals surface area contributed by atoms with E-state index in [1.807, 2.05) is 0 Å². The summed E-state index contributed by atoms with van der Waals surface area (Å²) in [6.45, 7) is 10.1. The van der Waals surface area contributed by atoms with E-state index >= 15 is 0 Å². The summed E-state index contributed by atoms with van der Waals surface area (Å²) in [6, 6.07) is 1.49. The average Bonchev–Trinajstić information content (AvgIpc) is 2.18. The van der Waals surface area contributed by atoms with Gasteiger partial charge in [-0.2, -0.15) is 0 Å². The Morgan fingerprint density at radius 2 is 2.19 bits per heavy atom. The van der Waals surface area contributed by atoms with Gasteiger partial charge in [0.25, 0.3) is 5.56 Å². The lowest BCUT2D eigenvalue weighted by molar-refractivity contribution is 0.357. The van der Waals surface area contributed by atoms with Crippen molar-refractivity contribution in [1.82, 2.24) is 14.9 Å². The summed E-state index contributed by atoms with van der Waals surface area (Å²) in [5.41, 5.74) is 0.131. The van der Waals surface area contributed by atoms with Crippen LogP contribution in [0.15, 0.2) is 23.4 Å². The van der Waals surface area contributed by atoms with Gasteiger partial charge in [0.15, 0.2) is 0 Å². The number of nitrogens with zero attached hydrogens (tertiary/aromatic N) is 2. The minimum Gasteiger partial charge on any atom is -0.312 e. The topological polar surface area (TPSA) is 46.9 Å². The summed E-state index contributed by atoms with van der Waals surface area (Å²) in [6.07, 6.45) is 3.12. The van der Waals surface area contributed by atoms with Crippen molar-refractivity contribution >= 4 is 0 Å². The van der Waals surface area contributed by atoms with Crippen molar-refractivity contribution < 1.29 is 0 Å². The van der Waals surface area contributed by atoms with Gasteiger partial charge in [0, 0.05) is 24.3 Å². The van der Waals surface area contributed by atoms with E-state index in [1.54, 1.807) is 10.9 Å². The first kappa shape index (κ1) is 12.9. The van der Waals surface area contributed by atoms with Crippen LogP contribution in [-0.4, -0.2) is 21.6 Å². The molecule has 0 saturated heterocycles. The van der Waals surface area contributed by atoms with Crippen LogP contribution < -0.4 is 10.9 Å². The summed E-state index contributed by atoms with van der Waals surface area (Å²) < 4.78 is 1.65. The van der Waals surface area contributed by atoms with Crippen molar-refractivity contribution in [3.8, 4) is 0 Å². The van der Waals surface area contributed by atoms with E-state index in [-0.39, 0.29) is 11.1 Å². The molecule has 1 atom stereocenters. The Kier molecular flexibility index (Phi) is 4.24. The molecule has 1 aromatic rings. The maximum absolute atomic E-state index is 11.5. The lowest BCUT2D eigenvalue weighted by Gasteiger charge is -2.23. The molecule has 1 aromatic heterocycles. The van der Waals surface area contributed by atoms with E-state index < -0.39 is 0 Å². The molecule has 0 aliphatic rings. The van der Waals surface area contributed by atoms with Crippen molar-refractivity contribution in [2.24, 2.45) is 5.92 Å². The lowest BCUT2D eigenvalue weighted by Crippen LogP contribution is -2.40. The highest BCUT2D eigenvalue weighted by molar-refractivity contribution is 4.82. The molecule has 0 saturated carbocycles. The highest BCUT2D eigenvalue weighted by atomic mass is 16.1. The predicted molar refractivity (Wildman–Crippen MR) is 65.4 cm³/mol. The van der Waals surface area contributed by atoms with Crippen LogP contribution in [0.2, 0.25) is 0 Å². The van der Waals surface area contributed by atoms with Gasteiger partial charge in [-0.15, -0.1) is 0 Å². The minimum absolute atomic E-state index is 0.0117.